The molecule has 1 aromatic heterocycles. The number of likely N-dealkylation sites (tertiary alicyclic amines) is 1. The van der Waals surface area contributed by atoms with Crippen molar-refractivity contribution in [1.29, 1.82) is 0 Å². The molecule has 0 amide bonds. The van der Waals surface area contributed by atoms with Gasteiger partial charge in [0.1, 0.15) is 11.9 Å². The van der Waals surface area contributed by atoms with E-state index in [1.807, 2.05) is 24.4 Å². The summed E-state index contributed by atoms with van der Waals surface area (Å²) in [4.78, 5) is 10.9. The van der Waals surface area contributed by atoms with Crippen LogP contribution in [-0.2, 0) is 6.54 Å². The molecule has 0 aliphatic carbocycles. The number of rotatable bonds is 3. The van der Waals surface area contributed by atoms with Gasteiger partial charge in [-0.3, -0.25) is 4.90 Å². The summed E-state index contributed by atoms with van der Waals surface area (Å²) >= 11 is 0. The van der Waals surface area contributed by atoms with Gasteiger partial charge >= 0.3 is 0 Å². The van der Waals surface area contributed by atoms with Gasteiger partial charge < -0.3 is 5.11 Å². The Hall–Kier alpha value is -2.22. The largest absolute Gasteiger partial charge is 0.378 e. The third-order valence-electron chi connectivity index (χ3n) is 4.40. The molecule has 25 heavy (non-hydrogen) atoms. The summed E-state index contributed by atoms with van der Waals surface area (Å²) in [7, 11) is 0. The topological polar surface area (TPSA) is 49.2 Å². The molecule has 1 N–H and O–H groups in total. The molecule has 1 aliphatic rings. The first-order chi connectivity index (χ1) is 12.0. The fraction of sp³-hybridized carbons (Fsp3) is 0.429. The lowest BCUT2D eigenvalue weighted by atomic mass is 9.94. The van der Waals surface area contributed by atoms with Gasteiger partial charge in [0.2, 0.25) is 0 Å². The molecular weight excluding hydrogens is 310 g/mol. The van der Waals surface area contributed by atoms with Gasteiger partial charge in [-0.05, 0) is 57.0 Å². The van der Waals surface area contributed by atoms with E-state index in [4.69, 9.17) is 0 Å². The van der Waals surface area contributed by atoms with Crippen LogP contribution in [0.3, 0.4) is 0 Å². The van der Waals surface area contributed by atoms with E-state index in [1.165, 1.54) is 18.4 Å². The molecule has 1 aromatic carbocycles. The van der Waals surface area contributed by atoms with Crippen LogP contribution < -0.4 is 0 Å². The lowest BCUT2D eigenvalue weighted by molar-refractivity contribution is 0.143. The summed E-state index contributed by atoms with van der Waals surface area (Å²) in [6.07, 6.45) is 5.86. The maximum atomic E-state index is 9.68. The molecule has 130 valence electrons. The van der Waals surface area contributed by atoms with E-state index >= 15 is 0 Å². The van der Waals surface area contributed by atoms with Crippen LogP contribution in [0, 0.1) is 11.8 Å². The molecule has 1 aliphatic heterocycles. The van der Waals surface area contributed by atoms with Crippen molar-refractivity contribution < 1.29 is 5.11 Å². The zero-order chi connectivity index (χ0) is 17.7. The van der Waals surface area contributed by atoms with Gasteiger partial charge in [-0.25, -0.2) is 9.97 Å². The SMILES string of the molecule is CC(C)(O)C#Cc1ccc(CN2CCCC(c3ccncn3)C2)cc1. The quantitative estimate of drug-likeness (QED) is 0.876. The Morgan fingerprint density at radius 2 is 2.04 bits per heavy atom. The van der Waals surface area contributed by atoms with Crippen LogP contribution in [0.15, 0.2) is 42.9 Å². The molecule has 0 bridgehead atoms. The summed E-state index contributed by atoms with van der Waals surface area (Å²) in [6, 6.07) is 10.3. The lowest BCUT2D eigenvalue weighted by Crippen LogP contribution is -2.34. The minimum atomic E-state index is -0.956. The van der Waals surface area contributed by atoms with Crippen molar-refractivity contribution in [2.45, 2.75) is 44.8 Å². The van der Waals surface area contributed by atoms with Crippen LogP contribution in [0.5, 0.6) is 0 Å². The van der Waals surface area contributed by atoms with E-state index < -0.39 is 5.60 Å². The molecule has 4 nitrogen and oxygen atoms in total. The number of aromatic nitrogens is 2. The van der Waals surface area contributed by atoms with Gasteiger partial charge in [0, 0.05) is 36.5 Å². The van der Waals surface area contributed by atoms with Crippen molar-refractivity contribution in [3.8, 4) is 11.8 Å². The molecule has 4 heteroatoms. The average Bonchev–Trinajstić information content (AvgIpc) is 2.61. The summed E-state index contributed by atoms with van der Waals surface area (Å²) in [5.74, 6) is 6.36. The summed E-state index contributed by atoms with van der Waals surface area (Å²) in [5, 5.41) is 9.68. The Balaban J connectivity index is 1.61. The molecule has 3 rings (SSSR count). The fourth-order valence-electron chi connectivity index (χ4n) is 3.16. The van der Waals surface area contributed by atoms with Gasteiger partial charge in [-0.1, -0.05) is 24.0 Å². The van der Waals surface area contributed by atoms with Crippen molar-refractivity contribution in [2.24, 2.45) is 0 Å². The predicted octanol–water partition coefficient (Wildman–Crippen LogP) is 2.98. The Bertz CT molecular complexity index is 739. The van der Waals surface area contributed by atoms with E-state index in [9.17, 15) is 5.11 Å². The normalized spacial score (nSPS) is 18.4. The Labute approximate surface area is 149 Å². The molecule has 0 spiro atoms. The molecular formula is C21H25N3O. The van der Waals surface area contributed by atoms with Crippen molar-refractivity contribution >= 4 is 0 Å². The highest BCUT2D eigenvalue weighted by Crippen LogP contribution is 2.26. The van der Waals surface area contributed by atoms with Gasteiger partial charge in [0.25, 0.3) is 0 Å². The van der Waals surface area contributed by atoms with E-state index in [0.29, 0.717) is 5.92 Å². The van der Waals surface area contributed by atoms with Crippen LogP contribution in [-0.4, -0.2) is 38.7 Å². The van der Waals surface area contributed by atoms with Gasteiger partial charge in [-0.2, -0.15) is 0 Å². The molecule has 0 radical (unpaired) electrons. The predicted molar refractivity (Wildman–Crippen MR) is 98.9 cm³/mol. The molecule has 2 aromatic rings. The smallest absolute Gasteiger partial charge is 0.120 e. The number of aliphatic hydroxyl groups is 1. The van der Waals surface area contributed by atoms with Gasteiger partial charge in [0.05, 0.1) is 0 Å². The summed E-state index contributed by atoms with van der Waals surface area (Å²) in [6.45, 7) is 6.50. The first kappa shape index (κ1) is 17.6. The molecule has 1 saturated heterocycles. The maximum Gasteiger partial charge on any atom is 0.120 e. The molecule has 0 saturated carbocycles. The van der Waals surface area contributed by atoms with Gasteiger partial charge in [-0.15, -0.1) is 0 Å². The number of piperidine rings is 1. The van der Waals surface area contributed by atoms with Crippen LogP contribution in [0.1, 0.15) is 49.4 Å². The highest BCUT2D eigenvalue weighted by atomic mass is 16.3. The van der Waals surface area contributed by atoms with E-state index in [-0.39, 0.29) is 0 Å². The number of nitrogens with zero attached hydrogens (tertiary/aromatic N) is 3. The van der Waals surface area contributed by atoms with Crippen LogP contribution in [0.25, 0.3) is 0 Å². The molecule has 1 atom stereocenters. The monoisotopic (exact) mass is 335 g/mol. The summed E-state index contributed by atoms with van der Waals surface area (Å²) < 4.78 is 0. The highest BCUT2D eigenvalue weighted by Gasteiger charge is 2.22. The first-order valence-corrected chi connectivity index (χ1v) is 8.82. The lowest BCUT2D eigenvalue weighted by Gasteiger charge is -2.32. The first-order valence-electron chi connectivity index (χ1n) is 8.82. The minimum absolute atomic E-state index is 0.494. The highest BCUT2D eigenvalue weighted by molar-refractivity contribution is 5.37. The molecule has 1 fully saturated rings. The van der Waals surface area contributed by atoms with E-state index in [2.05, 4.69) is 38.8 Å². The Morgan fingerprint density at radius 1 is 1.24 bits per heavy atom. The zero-order valence-electron chi connectivity index (χ0n) is 14.9. The third kappa shape index (κ3) is 5.38. The number of benzene rings is 1. The Morgan fingerprint density at radius 3 is 2.72 bits per heavy atom. The third-order valence-corrected chi connectivity index (χ3v) is 4.40. The fourth-order valence-corrected chi connectivity index (χ4v) is 3.16. The van der Waals surface area contributed by atoms with Crippen molar-refractivity contribution in [3.63, 3.8) is 0 Å². The van der Waals surface area contributed by atoms with Crippen LogP contribution >= 0.6 is 0 Å². The van der Waals surface area contributed by atoms with E-state index in [1.54, 1.807) is 20.2 Å². The van der Waals surface area contributed by atoms with Crippen molar-refractivity contribution in [3.05, 3.63) is 59.7 Å². The average molecular weight is 335 g/mol. The minimum Gasteiger partial charge on any atom is -0.378 e. The summed E-state index contributed by atoms with van der Waals surface area (Å²) in [5.41, 5.74) is 2.42. The van der Waals surface area contributed by atoms with Crippen molar-refractivity contribution in [2.75, 3.05) is 13.1 Å². The van der Waals surface area contributed by atoms with Crippen LogP contribution in [0.2, 0.25) is 0 Å². The Kier molecular flexibility index (Phi) is 5.47. The maximum absolute atomic E-state index is 9.68. The number of hydrogen-bond acceptors (Lipinski definition) is 4. The molecule has 1 unspecified atom stereocenters. The standard InChI is InChI=1S/C21H25N3O/c1-21(2,25)11-9-17-5-7-18(8-6-17)14-24-13-3-4-19(15-24)20-10-12-22-16-23-20/h5-8,10,12,16,19,25H,3-4,13-15H2,1-2H3. The van der Waals surface area contributed by atoms with Crippen LogP contribution in [0.4, 0.5) is 0 Å². The second-order valence-corrected chi connectivity index (χ2v) is 7.21. The molecule has 2 heterocycles. The second kappa shape index (κ2) is 7.77. The van der Waals surface area contributed by atoms with Gasteiger partial charge in [0.15, 0.2) is 0 Å². The van der Waals surface area contributed by atoms with E-state index in [0.717, 1.165) is 30.9 Å². The van der Waals surface area contributed by atoms with Crippen molar-refractivity contribution in [1.82, 2.24) is 14.9 Å². The number of hydrogen-bond donors (Lipinski definition) is 1. The second-order valence-electron chi connectivity index (χ2n) is 7.21. The zero-order valence-corrected chi connectivity index (χ0v) is 14.9.